The first-order valence-electron chi connectivity index (χ1n) is 9.32. The van der Waals surface area contributed by atoms with Gasteiger partial charge in [0.05, 0.1) is 46.2 Å². The van der Waals surface area contributed by atoms with Crippen molar-refractivity contribution in [3.63, 3.8) is 0 Å². The van der Waals surface area contributed by atoms with Crippen LogP contribution in [0.2, 0.25) is 0 Å². The Morgan fingerprint density at radius 1 is 0.929 bits per heavy atom. The van der Waals surface area contributed by atoms with Crippen molar-refractivity contribution >= 4 is 18.3 Å². The van der Waals surface area contributed by atoms with Gasteiger partial charge in [-0.25, -0.2) is 4.79 Å². The number of amides is 2. The summed E-state index contributed by atoms with van der Waals surface area (Å²) in [5, 5.41) is 14.0. The molecular weight excluding hydrogens is 374 g/mol. The van der Waals surface area contributed by atoms with Crippen LogP contribution >= 0.6 is 0 Å². The Hall–Kier alpha value is -1.79. The van der Waals surface area contributed by atoms with E-state index in [0.29, 0.717) is 72.0 Å². The average molecular weight is 407 g/mol. The number of hydrogen-bond donors (Lipinski definition) is 4. The van der Waals surface area contributed by atoms with Crippen LogP contribution in [-0.4, -0.2) is 95.4 Å². The van der Waals surface area contributed by atoms with Gasteiger partial charge < -0.3 is 40.4 Å². The molecule has 0 aliphatic carbocycles. The molecule has 0 unspecified atom stereocenters. The monoisotopic (exact) mass is 407 g/mol. The molecule has 0 heterocycles. The second kappa shape index (κ2) is 20.0. The number of hydrogen-bond acceptors (Lipinski definition) is 8. The molecule has 0 rings (SSSR count). The van der Waals surface area contributed by atoms with Gasteiger partial charge in [-0.1, -0.05) is 0 Å². The molecule has 0 saturated carbocycles. The van der Waals surface area contributed by atoms with Crippen LogP contribution in [0.4, 0.5) is 0 Å². The van der Waals surface area contributed by atoms with Gasteiger partial charge in [-0.2, -0.15) is 0 Å². The molecule has 0 fully saturated rings. The number of rotatable bonds is 21. The molecule has 0 aliphatic heterocycles. The summed E-state index contributed by atoms with van der Waals surface area (Å²) in [6, 6.07) is -0.977. The lowest BCUT2D eigenvalue weighted by atomic mass is 10.1. The lowest BCUT2D eigenvalue weighted by molar-refractivity contribution is -0.142. The van der Waals surface area contributed by atoms with E-state index >= 15 is 0 Å². The van der Waals surface area contributed by atoms with Gasteiger partial charge in [-0.3, -0.25) is 9.59 Å². The van der Waals surface area contributed by atoms with Crippen LogP contribution in [0.15, 0.2) is 0 Å². The molecule has 0 aromatic heterocycles. The van der Waals surface area contributed by atoms with Gasteiger partial charge in [0, 0.05) is 13.1 Å². The van der Waals surface area contributed by atoms with E-state index in [1.165, 1.54) is 0 Å². The molecule has 0 aromatic rings. The van der Waals surface area contributed by atoms with E-state index < -0.39 is 17.9 Å². The maximum atomic E-state index is 11.7. The van der Waals surface area contributed by atoms with Gasteiger partial charge in [0.25, 0.3) is 0 Å². The Morgan fingerprint density at radius 2 is 1.50 bits per heavy atom. The number of unbranched alkanes of at least 4 members (excludes halogenated alkanes) is 1. The molecular formula is C17H33N3O8. The predicted octanol–water partition coefficient (Wildman–Crippen LogP) is -1.50. The standard InChI is InChI=1S/C17H33N3O8/c18-4-6-25-7-8-26-9-10-27-11-12-28-13-16(22)20-15(17(23)24)3-1-2-5-19-14-21/h14-15H,1-13,18H2,(H,19,21)(H,20,22)(H,23,24)/t15-/m0/s1. The highest BCUT2D eigenvalue weighted by Crippen LogP contribution is 2.01. The summed E-state index contributed by atoms with van der Waals surface area (Å²) >= 11 is 0. The van der Waals surface area contributed by atoms with Crippen molar-refractivity contribution < 1.29 is 38.4 Å². The van der Waals surface area contributed by atoms with Crippen molar-refractivity contribution in [2.24, 2.45) is 5.73 Å². The van der Waals surface area contributed by atoms with Crippen molar-refractivity contribution in [2.45, 2.75) is 25.3 Å². The molecule has 0 spiro atoms. The van der Waals surface area contributed by atoms with E-state index in [9.17, 15) is 14.4 Å². The minimum atomic E-state index is -1.10. The summed E-state index contributed by atoms with van der Waals surface area (Å²) in [6.45, 7) is 3.51. The Morgan fingerprint density at radius 3 is 2.04 bits per heavy atom. The number of aliphatic carboxylic acids is 1. The van der Waals surface area contributed by atoms with Crippen LogP contribution in [0.5, 0.6) is 0 Å². The lowest BCUT2D eigenvalue weighted by Crippen LogP contribution is -2.42. The van der Waals surface area contributed by atoms with Crippen LogP contribution in [-0.2, 0) is 33.3 Å². The molecule has 11 heteroatoms. The SMILES string of the molecule is NCCOCCOCCOCCOCC(=O)N[C@@H](CCCCNC=O)C(=O)O. The molecule has 0 radical (unpaired) electrons. The highest BCUT2D eigenvalue weighted by molar-refractivity contribution is 5.84. The summed E-state index contributed by atoms with van der Waals surface area (Å²) in [4.78, 5) is 33.0. The number of carboxylic acid groups (broad SMARTS) is 1. The Kier molecular flexibility index (Phi) is 18.7. The summed E-state index contributed by atoms with van der Waals surface area (Å²) in [7, 11) is 0. The third kappa shape index (κ3) is 17.6. The summed E-state index contributed by atoms with van der Waals surface area (Å²) < 4.78 is 20.9. The van der Waals surface area contributed by atoms with Crippen LogP contribution in [0, 0.1) is 0 Å². The molecule has 0 aromatic carbocycles. The first-order valence-corrected chi connectivity index (χ1v) is 9.32. The minimum Gasteiger partial charge on any atom is -0.480 e. The Balaban J connectivity index is 3.57. The smallest absolute Gasteiger partial charge is 0.326 e. The fourth-order valence-electron chi connectivity index (χ4n) is 2.04. The molecule has 1 atom stereocenters. The zero-order chi connectivity index (χ0) is 20.9. The molecule has 2 amide bonds. The third-order valence-corrected chi connectivity index (χ3v) is 3.39. The molecule has 0 aliphatic rings. The average Bonchev–Trinajstić information content (AvgIpc) is 2.67. The quantitative estimate of drug-likeness (QED) is 0.131. The van der Waals surface area contributed by atoms with Gasteiger partial charge in [-0.05, 0) is 19.3 Å². The normalized spacial score (nSPS) is 11.8. The lowest BCUT2D eigenvalue weighted by Gasteiger charge is -2.14. The van der Waals surface area contributed by atoms with Crippen LogP contribution < -0.4 is 16.4 Å². The predicted molar refractivity (Wildman–Crippen MR) is 99.8 cm³/mol. The van der Waals surface area contributed by atoms with Gasteiger partial charge >= 0.3 is 5.97 Å². The maximum absolute atomic E-state index is 11.7. The van der Waals surface area contributed by atoms with E-state index in [2.05, 4.69) is 10.6 Å². The van der Waals surface area contributed by atoms with Crippen LogP contribution in [0.1, 0.15) is 19.3 Å². The third-order valence-electron chi connectivity index (χ3n) is 3.39. The van der Waals surface area contributed by atoms with Crippen molar-refractivity contribution in [1.82, 2.24) is 10.6 Å². The summed E-state index contributed by atoms with van der Waals surface area (Å²) in [6.07, 6.45) is 2.07. The number of nitrogens with one attached hydrogen (secondary N) is 2. The summed E-state index contributed by atoms with van der Waals surface area (Å²) in [5.41, 5.74) is 5.28. The van der Waals surface area contributed by atoms with Crippen molar-refractivity contribution in [3.05, 3.63) is 0 Å². The van der Waals surface area contributed by atoms with E-state index in [-0.39, 0.29) is 19.6 Å². The van der Waals surface area contributed by atoms with E-state index in [0.717, 1.165) is 0 Å². The molecule has 0 saturated heterocycles. The van der Waals surface area contributed by atoms with Crippen LogP contribution in [0.25, 0.3) is 0 Å². The number of carboxylic acids is 1. The first-order chi connectivity index (χ1) is 13.6. The largest absolute Gasteiger partial charge is 0.480 e. The first kappa shape index (κ1) is 26.2. The number of carbonyl (C=O) groups is 3. The van der Waals surface area contributed by atoms with E-state index in [1.54, 1.807) is 0 Å². The Labute approximate surface area is 165 Å². The zero-order valence-electron chi connectivity index (χ0n) is 16.2. The molecule has 11 nitrogen and oxygen atoms in total. The highest BCUT2D eigenvalue weighted by atomic mass is 16.6. The summed E-state index contributed by atoms with van der Waals surface area (Å²) in [5.74, 6) is -1.60. The molecule has 5 N–H and O–H groups in total. The van der Waals surface area contributed by atoms with Crippen LogP contribution in [0.3, 0.4) is 0 Å². The number of ether oxygens (including phenoxy) is 4. The fourth-order valence-corrected chi connectivity index (χ4v) is 2.04. The molecule has 0 bridgehead atoms. The van der Waals surface area contributed by atoms with Crippen molar-refractivity contribution in [2.75, 3.05) is 65.9 Å². The maximum Gasteiger partial charge on any atom is 0.326 e. The molecule has 28 heavy (non-hydrogen) atoms. The van der Waals surface area contributed by atoms with Gasteiger partial charge in [-0.15, -0.1) is 0 Å². The highest BCUT2D eigenvalue weighted by Gasteiger charge is 2.19. The second-order valence-electron chi connectivity index (χ2n) is 5.70. The van der Waals surface area contributed by atoms with Crippen molar-refractivity contribution in [1.29, 1.82) is 0 Å². The molecule has 164 valence electrons. The van der Waals surface area contributed by atoms with Gasteiger partial charge in [0.2, 0.25) is 12.3 Å². The number of nitrogens with two attached hydrogens (primary N) is 1. The van der Waals surface area contributed by atoms with Crippen molar-refractivity contribution in [3.8, 4) is 0 Å². The minimum absolute atomic E-state index is 0.210. The topological polar surface area (TPSA) is 158 Å². The second-order valence-corrected chi connectivity index (χ2v) is 5.70. The Bertz CT molecular complexity index is 412. The fraction of sp³-hybridized carbons (Fsp3) is 0.824. The van der Waals surface area contributed by atoms with E-state index in [4.69, 9.17) is 29.8 Å². The zero-order valence-corrected chi connectivity index (χ0v) is 16.2. The number of carbonyl (C=O) groups excluding carboxylic acids is 2. The van der Waals surface area contributed by atoms with Gasteiger partial charge in [0.15, 0.2) is 0 Å². The van der Waals surface area contributed by atoms with Gasteiger partial charge in [0.1, 0.15) is 12.6 Å². The van der Waals surface area contributed by atoms with E-state index in [1.807, 2.05) is 0 Å².